The highest BCUT2D eigenvalue weighted by Gasteiger charge is 2.22. The first kappa shape index (κ1) is 18.7. The highest BCUT2D eigenvalue weighted by Crippen LogP contribution is 2.29. The van der Waals surface area contributed by atoms with E-state index in [0.29, 0.717) is 29.2 Å². The molecule has 7 heteroatoms. The van der Waals surface area contributed by atoms with Gasteiger partial charge in [-0.3, -0.25) is 9.52 Å². The topological polar surface area (TPSA) is 66.5 Å². The Kier molecular flexibility index (Phi) is 5.25. The largest absolute Gasteiger partial charge is 0.312 e. The summed E-state index contributed by atoms with van der Waals surface area (Å²) in [6, 6.07) is 10.0. The summed E-state index contributed by atoms with van der Waals surface area (Å²) >= 11 is 6.04. The van der Waals surface area contributed by atoms with Crippen LogP contribution in [0.25, 0.3) is 0 Å². The first-order valence-corrected chi connectivity index (χ1v) is 10.3. The molecule has 3 rings (SSSR count). The number of hydrogen-bond donors (Lipinski definition) is 1. The summed E-state index contributed by atoms with van der Waals surface area (Å²) in [7, 11) is -3.75. The lowest BCUT2D eigenvalue weighted by Crippen LogP contribution is -2.35. The quantitative estimate of drug-likeness (QED) is 0.844. The van der Waals surface area contributed by atoms with Gasteiger partial charge in [0.15, 0.2) is 0 Å². The van der Waals surface area contributed by atoms with E-state index in [2.05, 4.69) is 4.72 Å². The van der Waals surface area contributed by atoms with Crippen molar-refractivity contribution in [2.75, 3.05) is 16.2 Å². The second-order valence-electron chi connectivity index (χ2n) is 6.47. The van der Waals surface area contributed by atoms with E-state index in [4.69, 9.17) is 11.6 Å². The molecule has 1 fully saturated rings. The minimum atomic E-state index is -3.75. The number of nitrogens with one attached hydrogen (secondary N) is 1. The van der Waals surface area contributed by atoms with Gasteiger partial charge >= 0.3 is 0 Å². The van der Waals surface area contributed by atoms with E-state index in [9.17, 15) is 13.2 Å². The number of nitrogens with zero attached hydrogens (tertiary/aromatic N) is 1. The fourth-order valence-electron chi connectivity index (χ4n) is 3.17. The van der Waals surface area contributed by atoms with Gasteiger partial charge in [0.2, 0.25) is 5.91 Å². The van der Waals surface area contributed by atoms with E-state index in [1.54, 1.807) is 42.2 Å². The molecule has 1 saturated heterocycles. The third-order valence-electron chi connectivity index (χ3n) is 4.57. The molecule has 1 N–H and O–H groups in total. The minimum absolute atomic E-state index is 0.113. The fourth-order valence-corrected chi connectivity index (χ4v) is 4.72. The number of carbonyl (C=O) groups excluding carboxylic acids is 1. The van der Waals surface area contributed by atoms with Crippen LogP contribution in [0.4, 0.5) is 11.4 Å². The van der Waals surface area contributed by atoms with Gasteiger partial charge in [-0.25, -0.2) is 8.42 Å². The Bertz CT molecular complexity index is 957. The fraction of sp³-hybridized carbons (Fsp3) is 0.316. The van der Waals surface area contributed by atoms with Crippen molar-refractivity contribution in [2.45, 2.75) is 38.0 Å². The Hall–Kier alpha value is -2.05. The van der Waals surface area contributed by atoms with Gasteiger partial charge in [-0.2, -0.15) is 0 Å². The van der Waals surface area contributed by atoms with Crippen LogP contribution < -0.4 is 9.62 Å². The maximum Gasteiger partial charge on any atom is 0.262 e. The summed E-state index contributed by atoms with van der Waals surface area (Å²) in [5.41, 5.74) is 2.64. The second-order valence-corrected chi connectivity index (χ2v) is 8.53. The third-order valence-corrected chi connectivity index (χ3v) is 6.51. The van der Waals surface area contributed by atoms with E-state index in [-0.39, 0.29) is 10.8 Å². The molecule has 0 atom stereocenters. The molecule has 138 valence electrons. The van der Waals surface area contributed by atoms with Crippen molar-refractivity contribution in [1.82, 2.24) is 0 Å². The molecule has 1 aliphatic rings. The Morgan fingerprint density at radius 2 is 1.88 bits per heavy atom. The molecule has 0 aromatic heterocycles. The summed E-state index contributed by atoms with van der Waals surface area (Å²) in [4.78, 5) is 14.0. The average molecular weight is 393 g/mol. The van der Waals surface area contributed by atoms with Gasteiger partial charge in [-0.05, 0) is 68.1 Å². The number of rotatable bonds is 4. The summed E-state index contributed by atoms with van der Waals surface area (Å²) in [5.74, 6) is 0.113. The molecule has 1 amide bonds. The number of halogens is 1. The number of carbonyl (C=O) groups is 1. The summed E-state index contributed by atoms with van der Waals surface area (Å²) in [6.07, 6.45) is 2.46. The summed E-state index contributed by atoms with van der Waals surface area (Å²) < 4.78 is 28.0. The van der Waals surface area contributed by atoms with Crippen LogP contribution in [0.2, 0.25) is 5.02 Å². The van der Waals surface area contributed by atoms with Crippen LogP contribution in [0, 0.1) is 13.8 Å². The lowest BCUT2D eigenvalue weighted by Gasteiger charge is -2.28. The minimum Gasteiger partial charge on any atom is -0.312 e. The van der Waals surface area contributed by atoms with E-state index in [0.717, 1.165) is 24.1 Å². The van der Waals surface area contributed by atoms with Crippen molar-refractivity contribution < 1.29 is 13.2 Å². The van der Waals surface area contributed by atoms with E-state index in [1.165, 1.54) is 6.07 Å². The van der Waals surface area contributed by atoms with Crippen LogP contribution in [0.5, 0.6) is 0 Å². The molecule has 0 unspecified atom stereocenters. The molecule has 26 heavy (non-hydrogen) atoms. The Morgan fingerprint density at radius 1 is 1.12 bits per heavy atom. The molecule has 0 spiro atoms. The van der Waals surface area contributed by atoms with Crippen molar-refractivity contribution in [3.63, 3.8) is 0 Å². The molecule has 0 radical (unpaired) electrons. The number of piperidine rings is 1. The molecule has 0 saturated carbocycles. The second kappa shape index (κ2) is 7.29. The highest BCUT2D eigenvalue weighted by molar-refractivity contribution is 7.92. The molecule has 2 aromatic rings. The van der Waals surface area contributed by atoms with Crippen molar-refractivity contribution in [3.05, 3.63) is 52.5 Å². The number of benzene rings is 2. The van der Waals surface area contributed by atoms with Crippen LogP contribution in [0.15, 0.2) is 41.3 Å². The Labute approximate surface area is 159 Å². The molecule has 0 aliphatic carbocycles. The lowest BCUT2D eigenvalue weighted by atomic mass is 10.1. The average Bonchev–Trinajstić information content (AvgIpc) is 2.58. The zero-order valence-corrected chi connectivity index (χ0v) is 16.3. The van der Waals surface area contributed by atoms with Gasteiger partial charge in [0, 0.05) is 29.4 Å². The highest BCUT2D eigenvalue weighted by atomic mass is 35.5. The van der Waals surface area contributed by atoms with E-state index < -0.39 is 10.0 Å². The molecule has 1 heterocycles. The van der Waals surface area contributed by atoms with Gasteiger partial charge in [-0.15, -0.1) is 0 Å². The third kappa shape index (κ3) is 3.71. The standard InChI is InChI=1S/C19H21ClN2O3S/c1-13-12-15(9-10-17(13)22-11-4-3-8-19(22)23)21-26(24,25)18-7-5-6-16(20)14(18)2/h5-7,9-10,12,21H,3-4,8,11H2,1-2H3. The SMILES string of the molecule is Cc1cc(NS(=O)(=O)c2cccc(Cl)c2C)ccc1N1CCCCC1=O. The normalized spacial score (nSPS) is 15.2. The molecule has 2 aromatic carbocycles. The maximum atomic E-state index is 12.7. The number of aryl methyl sites for hydroxylation is 1. The van der Waals surface area contributed by atoms with Crippen molar-refractivity contribution in [2.24, 2.45) is 0 Å². The molecule has 0 bridgehead atoms. The van der Waals surface area contributed by atoms with Crippen LogP contribution in [0.3, 0.4) is 0 Å². The van der Waals surface area contributed by atoms with Gasteiger partial charge in [0.05, 0.1) is 4.90 Å². The van der Waals surface area contributed by atoms with Gasteiger partial charge < -0.3 is 4.90 Å². The Morgan fingerprint density at radius 3 is 2.58 bits per heavy atom. The summed E-state index contributed by atoms with van der Waals surface area (Å²) in [5, 5.41) is 0.406. The zero-order valence-electron chi connectivity index (χ0n) is 14.8. The Balaban J connectivity index is 1.88. The lowest BCUT2D eigenvalue weighted by molar-refractivity contribution is -0.119. The predicted molar refractivity (Wildman–Crippen MR) is 104 cm³/mol. The maximum absolute atomic E-state index is 12.7. The molecule has 5 nitrogen and oxygen atoms in total. The first-order chi connectivity index (χ1) is 12.3. The first-order valence-electron chi connectivity index (χ1n) is 8.48. The number of amides is 1. The smallest absolute Gasteiger partial charge is 0.262 e. The van der Waals surface area contributed by atoms with Crippen molar-refractivity contribution in [1.29, 1.82) is 0 Å². The van der Waals surface area contributed by atoms with Crippen molar-refractivity contribution >= 4 is 38.9 Å². The van der Waals surface area contributed by atoms with E-state index >= 15 is 0 Å². The van der Waals surface area contributed by atoms with Crippen LogP contribution in [-0.2, 0) is 14.8 Å². The molecular weight excluding hydrogens is 372 g/mol. The molecule has 1 aliphatic heterocycles. The van der Waals surface area contributed by atoms with Crippen LogP contribution >= 0.6 is 11.6 Å². The predicted octanol–water partition coefficient (Wildman–Crippen LogP) is 4.27. The monoisotopic (exact) mass is 392 g/mol. The number of anilines is 2. The van der Waals surface area contributed by atoms with Gasteiger partial charge in [-0.1, -0.05) is 17.7 Å². The van der Waals surface area contributed by atoms with Gasteiger partial charge in [0.25, 0.3) is 10.0 Å². The van der Waals surface area contributed by atoms with E-state index in [1.807, 2.05) is 6.92 Å². The summed E-state index contributed by atoms with van der Waals surface area (Å²) in [6.45, 7) is 4.25. The van der Waals surface area contributed by atoms with Crippen LogP contribution in [0.1, 0.15) is 30.4 Å². The number of sulfonamides is 1. The van der Waals surface area contributed by atoms with Crippen molar-refractivity contribution in [3.8, 4) is 0 Å². The van der Waals surface area contributed by atoms with Crippen LogP contribution in [-0.4, -0.2) is 20.9 Å². The van der Waals surface area contributed by atoms with Gasteiger partial charge in [0.1, 0.15) is 0 Å². The number of hydrogen-bond acceptors (Lipinski definition) is 3. The molecular formula is C19H21ClN2O3S. The zero-order chi connectivity index (χ0) is 18.9.